The highest BCUT2D eigenvalue weighted by atomic mass is 16.5. The Balaban J connectivity index is 1.69. The van der Waals surface area contributed by atoms with E-state index < -0.39 is 0 Å². The number of hydrogen-bond acceptors (Lipinski definition) is 3. The van der Waals surface area contributed by atoms with E-state index in [4.69, 9.17) is 4.74 Å². The van der Waals surface area contributed by atoms with Crippen LogP contribution >= 0.6 is 0 Å². The first-order valence-corrected chi connectivity index (χ1v) is 11.1. The molecule has 2 amide bonds. The van der Waals surface area contributed by atoms with Crippen LogP contribution in [0.2, 0.25) is 0 Å². The summed E-state index contributed by atoms with van der Waals surface area (Å²) in [6, 6.07) is 24.9. The predicted octanol–water partition coefficient (Wildman–Crippen LogP) is 5.63. The zero-order valence-corrected chi connectivity index (χ0v) is 19.1. The Kier molecular flexibility index (Phi) is 6.59. The summed E-state index contributed by atoms with van der Waals surface area (Å²) in [5, 5.41) is 0. The lowest BCUT2D eigenvalue weighted by molar-refractivity contribution is -0.117. The van der Waals surface area contributed by atoms with Crippen LogP contribution < -0.4 is 14.5 Å². The first-order valence-electron chi connectivity index (χ1n) is 11.1. The van der Waals surface area contributed by atoms with Crippen LogP contribution in [0.1, 0.15) is 37.4 Å². The standard InChI is InChI=1S/C28H28N2O3/c1-20-19-26(30(21(2)31)23-12-5-4-6-13-23)24-14-8-9-15-25(24)29(20)28(32)18-17-22-11-7-10-16-27(22)33-3/h4-18,20,26H,19H2,1-3H3/b18-17+/t20-,26+/m0/s1. The molecule has 0 fully saturated rings. The van der Waals surface area contributed by atoms with Crippen LogP contribution in [0.3, 0.4) is 0 Å². The van der Waals surface area contributed by atoms with Crippen LogP contribution in [-0.4, -0.2) is 25.0 Å². The number of ether oxygens (including phenoxy) is 1. The molecule has 1 heterocycles. The lowest BCUT2D eigenvalue weighted by Gasteiger charge is -2.43. The summed E-state index contributed by atoms with van der Waals surface area (Å²) in [6.07, 6.45) is 4.01. The maximum absolute atomic E-state index is 13.3. The van der Waals surface area contributed by atoms with Crippen molar-refractivity contribution in [2.75, 3.05) is 16.9 Å². The predicted molar refractivity (Wildman–Crippen MR) is 132 cm³/mol. The fraction of sp³-hybridized carbons (Fsp3) is 0.214. The van der Waals surface area contributed by atoms with E-state index in [0.29, 0.717) is 12.2 Å². The zero-order valence-electron chi connectivity index (χ0n) is 19.1. The highest BCUT2D eigenvalue weighted by molar-refractivity contribution is 6.05. The molecule has 5 heteroatoms. The molecule has 168 valence electrons. The van der Waals surface area contributed by atoms with Crippen LogP contribution in [-0.2, 0) is 9.59 Å². The first kappa shape index (κ1) is 22.3. The van der Waals surface area contributed by atoms with Crippen LogP contribution in [0, 0.1) is 0 Å². The van der Waals surface area contributed by atoms with Gasteiger partial charge in [-0.1, -0.05) is 54.6 Å². The van der Waals surface area contributed by atoms with E-state index in [2.05, 4.69) is 0 Å². The number of rotatable bonds is 5. The van der Waals surface area contributed by atoms with Gasteiger partial charge in [0.2, 0.25) is 5.91 Å². The maximum Gasteiger partial charge on any atom is 0.251 e. The molecule has 2 atom stereocenters. The second-order valence-corrected chi connectivity index (χ2v) is 8.17. The molecule has 0 aliphatic carbocycles. The van der Waals surface area contributed by atoms with Gasteiger partial charge < -0.3 is 14.5 Å². The number of carbonyl (C=O) groups is 2. The Bertz CT molecular complexity index is 1170. The lowest BCUT2D eigenvalue weighted by atomic mass is 9.89. The van der Waals surface area contributed by atoms with Gasteiger partial charge in [-0.05, 0) is 49.2 Å². The van der Waals surface area contributed by atoms with Gasteiger partial charge in [-0.2, -0.15) is 0 Å². The van der Waals surface area contributed by atoms with Crippen LogP contribution in [0.5, 0.6) is 5.75 Å². The minimum atomic E-state index is -0.154. The van der Waals surface area contributed by atoms with Gasteiger partial charge in [0.25, 0.3) is 5.91 Å². The van der Waals surface area contributed by atoms with Crippen molar-refractivity contribution in [3.05, 3.63) is 96.1 Å². The van der Waals surface area contributed by atoms with Gasteiger partial charge in [-0.3, -0.25) is 9.59 Å². The van der Waals surface area contributed by atoms with Crippen LogP contribution in [0.15, 0.2) is 84.9 Å². The molecule has 1 aliphatic rings. The Morgan fingerprint density at radius 2 is 1.64 bits per heavy atom. The quantitative estimate of drug-likeness (QED) is 0.483. The summed E-state index contributed by atoms with van der Waals surface area (Å²) in [5.41, 5.74) is 3.50. The summed E-state index contributed by atoms with van der Waals surface area (Å²) in [4.78, 5) is 29.7. The molecule has 0 unspecified atom stereocenters. The topological polar surface area (TPSA) is 49.9 Å². The van der Waals surface area contributed by atoms with Crippen molar-refractivity contribution in [3.8, 4) is 5.75 Å². The number of anilines is 2. The number of fused-ring (bicyclic) bond motifs is 1. The second-order valence-electron chi connectivity index (χ2n) is 8.17. The van der Waals surface area contributed by atoms with Crippen molar-refractivity contribution in [2.24, 2.45) is 0 Å². The van der Waals surface area contributed by atoms with Crippen molar-refractivity contribution >= 4 is 29.3 Å². The fourth-order valence-electron chi connectivity index (χ4n) is 4.58. The maximum atomic E-state index is 13.3. The minimum Gasteiger partial charge on any atom is -0.496 e. The molecule has 0 saturated carbocycles. The molecule has 0 radical (unpaired) electrons. The Morgan fingerprint density at radius 1 is 0.970 bits per heavy atom. The normalized spacial score (nSPS) is 17.5. The summed E-state index contributed by atoms with van der Waals surface area (Å²) in [7, 11) is 1.62. The average molecular weight is 441 g/mol. The summed E-state index contributed by atoms with van der Waals surface area (Å²) < 4.78 is 5.39. The summed E-state index contributed by atoms with van der Waals surface area (Å²) >= 11 is 0. The summed E-state index contributed by atoms with van der Waals surface area (Å²) in [5.74, 6) is 0.589. The number of methoxy groups -OCH3 is 1. The number of benzene rings is 3. The fourth-order valence-corrected chi connectivity index (χ4v) is 4.58. The second kappa shape index (κ2) is 9.74. The van der Waals surface area contributed by atoms with E-state index in [1.807, 2.05) is 95.6 Å². The molecular formula is C28H28N2O3. The molecule has 0 spiro atoms. The molecule has 0 N–H and O–H groups in total. The monoisotopic (exact) mass is 440 g/mol. The number of para-hydroxylation sites is 3. The molecule has 1 aliphatic heterocycles. The van der Waals surface area contributed by atoms with Gasteiger partial charge in [0.15, 0.2) is 0 Å². The van der Waals surface area contributed by atoms with Crippen molar-refractivity contribution in [1.82, 2.24) is 0 Å². The Labute approximate surface area is 194 Å². The number of carbonyl (C=O) groups excluding carboxylic acids is 2. The highest BCUT2D eigenvalue weighted by Gasteiger charge is 2.37. The van der Waals surface area contributed by atoms with Crippen LogP contribution in [0.4, 0.5) is 11.4 Å². The van der Waals surface area contributed by atoms with Gasteiger partial charge in [0.1, 0.15) is 5.75 Å². The van der Waals surface area contributed by atoms with Crippen molar-refractivity contribution in [1.29, 1.82) is 0 Å². The largest absolute Gasteiger partial charge is 0.496 e. The van der Waals surface area contributed by atoms with E-state index in [0.717, 1.165) is 22.5 Å². The average Bonchev–Trinajstić information content (AvgIpc) is 2.83. The zero-order chi connectivity index (χ0) is 23.4. The van der Waals surface area contributed by atoms with E-state index in [9.17, 15) is 9.59 Å². The molecule has 5 nitrogen and oxygen atoms in total. The van der Waals surface area contributed by atoms with E-state index >= 15 is 0 Å². The molecule has 3 aromatic carbocycles. The molecule has 3 aromatic rings. The van der Waals surface area contributed by atoms with E-state index in [-0.39, 0.29) is 23.9 Å². The molecular weight excluding hydrogens is 412 g/mol. The van der Waals surface area contributed by atoms with Gasteiger partial charge in [-0.25, -0.2) is 0 Å². The molecule has 0 aromatic heterocycles. The Morgan fingerprint density at radius 3 is 2.36 bits per heavy atom. The lowest BCUT2D eigenvalue weighted by Crippen LogP contribution is -2.47. The third-order valence-corrected chi connectivity index (χ3v) is 6.03. The first-order chi connectivity index (χ1) is 16.0. The highest BCUT2D eigenvalue weighted by Crippen LogP contribution is 2.42. The Hall–Kier alpha value is -3.86. The van der Waals surface area contributed by atoms with Crippen molar-refractivity contribution < 1.29 is 14.3 Å². The third-order valence-electron chi connectivity index (χ3n) is 6.03. The van der Waals surface area contributed by atoms with Gasteiger partial charge >= 0.3 is 0 Å². The number of amides is 2. The smallest absolute Gasteiger partial charge is 0.251 e. The number of hydrogen-bond donors (Lipinski definition) is 0. The third kappa shape index (κ3) is 4.53. The van der Waals surface area contributed by atoms with Gasteiger partial charge in [0.05, 0.1) is 13.2 Å². The molecule has 33 heavy (non-hydrogen) atoms. The molecule has 0 saturated heterocycles. The van der Waals surface area contributed by atoms with Crippen molar-refractivity contribution in [2.45, 2.75) is 32.4 Å². The summed E-state index contributed by atoms with van der Waals surface area (Å²) in [6.45, 7) is 3.62. The molecule has 4 rings (SSSR count). The van der Waals surface area contributed by atoms with Crippen molar-refractivity contribution in [3.63, 3.8) is 0 Å². The number of nitrogens with zero attached hydrogens (tertiary/aromatic N) is 2. The van der Waals surface area contributed by atoms with Gasteiger partial charge in [-0.15, -0.1) is 0 Å². The van der Waals surface area contributed by atoms with Gasteiger partial charge in [0, 0.05) is 36.0 Å². The minimum absolute atomic E-state index is 0.0240. The van der Waals surface area contributed by atoms with Crippen LogP contribution in [0.25, 0.3) is 6.08 Å². The SMILES string of the molecule is COc1ccccc1/C=C/C(=O)N1c2ccccc2[C@H](N(C(C)=O)c2ccccc2)C[C@@H]1C. The van der Waals surface area contributed by atoms with E-state index in [1.165, 1.54) is 0 Å². The molecule has 0 bridgehead atoms. The van der Waals surface area contributed by atoms with E-state index in [1.54, 1.807) is 26.2 Å².